The Balaban J connectivity index is 1.33. The summed E-state index contributed by atoms with van der Waals surface area (Å²) in [7, 11) is -2.35. The maximum Gasteiger partial charge on any atom is 0.515 e. The Morgan fingerprint density at radius 3 is 2.52 bits per heavy atom. The quantitative estimate of drug-likeness (QED) is 0.269. The smallest absolute Gasteiger partial charge is 0.505 e. The second kappa shape index (κ2) is 12.3. The summed E-state index contributed by atoms with van der Waals surface area (Å²) in [5, 5.41) is 21.7. The lowest BCUT2D eigenvalue weighted by atomic mass is 9.80. The standard InChI is InChI=1S/C24H31FNO6P/c25-22-14-21(6-7-23(22)28)31-16-19(27)15-26-13-10-18-8-11-24(12-9-18,33(29)30)17-32-20-4-2-1-3-5-20/h1-7,14,18-19,26-27H,8-13,15-17H2,(H-,28,29,30)/p+1/t18?,19-,24?/m0/s1. The zero-order valence-electron chi connectivity index (χ0n) is 18.5. The molecule has 7 nitrogen and oxygen atoms in total. The molecular weight excluding hydrogens is 448 g/mol. The lowest BCUT2D eigenvalue weighted by Crippen LogP contribution is -2.38. The lowest BCUT2D eigenvalue weighted by molar-refractivity contribution is 0.105. The minimum absolute atomic E-state index is 0.00806. The summed E-state index contributed by atoms with van der Waals surface area (Å²) in [5.74, 6) is 0.186. The number of aliphatic hydroxyl groups is 1. The van der Waals surface area contributed by atoms with Crippen LogP contribution in [0.4, 0.5) is 4.39 Å². The fourth-order valence-electron chi connectivity index (χ4n) is 4.03. The number of halogens is 1. The van der Waals surface area contributed by atoms with Crippen molar-refractivity contribution in [3.05, 3.63) is 54.3 Å². The van der Waals surface area contributed by atoms with Crippen LogP contribution >= 0.6 is 8.03 Å². The van der Waals surface area contributed by atoms with Crippen molar-refractivity contribution in [3.8, 4) is 17.2 Å². The number of para-hydroxylation sites is 1. The van der Waals surface area contributed by atoms with Crippen molar-refractivity contribution in [2.24, 2.45) is 5.92 Å². The van der Waals surface area contributed by atoms with E-state index in [1.807, 2.05) is 30.3 Å². The first kappa shape index (κ1) is 25.4. The summed E-state index contributed by atoms with van der Waals surface area (Å²) < 4.78 is 36.6. The Labute approximate surface area is 194 Å². The van der Waals surface area contributed by atoms with Gasteiger partial charge in [0.15, 0.2) is 11.6 Å². The maximum atomic E-state index is 13.3. The minimum Gasteiger partial charge on any atom is -0.505 e. The van der Waals surface area contributed by atoms with Crippen molar-refractivity contribution in [3.63, 3.8) is 0 Å². The van der Waals surface area contributed by atoms with Crippen LogP contribution in [0.3, 0.4) is 0 Å². The van der Waals surface area contributed by atoms with E-state index < -0.39 is 30.9 Å². The molecule has 1 aliphatic rings. The lowest BCUT2D eigenvalue weighted by Gasteiger charge is -2.31. The van der Waals surface area contributed by atoms with E-state index in [4.69, 9.17) is 9.47 Å². The highest BCUT2D eigenvalue weighted by molar-refractivity contribution is 7.40. The molecule has 1 aliphatic carbocycles. The van der Waals surface area contributed by atoms with Gasteiger partial charge in [0.2, 0.25) is 5.16 Å². The molecule has 0 bridgehead atoms. The first-order valence-corrected chi connectivity index (χ1v) is 12.4. The number of rotatable bonds is 12. The van der Waals surface area contributed by atoms with Gasteiger partial charge in [-0.2, -0.15) is 4.89 Å². The highest BCUT2D eigenvalue weighted by atomic mass is 31.1. The summed E-state index contributed by atoms with van der Waals surface area (Å²) in [6.45, 7) is 1.30. The third-order valence-corrected chi connectivity index (χ3v) is 7.55. The van der Waals surface area contributed by atoms with E-state index in [0.717, 1.165) is 25.3 Å². The number of phenols is 1. The molecular formula is C24H32FNO6P+. The van der Waals surface area contributed by atoms with Crippen molar-refractivity contribution in [2.45, 2.75) is 43.4 Å². The van der Waals surface area contributed by atoms with Gasteiger partial charge < -0.3 is 25.0 Å². The summed E-state index contributed by atoms with van der Waals surface area (Å²) in [5.41, 5.74) is 0. The predicted octanol–water partition coefficient (Wildman–Crippen LogP) is 3.99. The second-order valence-corrected chi connectivity index (χ2v) is 10.1. The number of hydrogen-bond donors (Lipinski definition) is 4. The minimum atomic E-state index is -2.35. The zero-order valence-corrected chi connectivity index (χ0v) is 19.4. The van der Waals surface area contributed by atoms with Gasteiger partial charge >= 0.3 is 8.03 Å². The Bertz CT molecular complexity index is 892. The fraction of sp³-hybridized carbons (Fsp3) is 0.500. The van der Waals surface area contributed by atoms with Crippen LogP contribution in [0, 0.1) is 11.7 Å². The predicted molar refractivity (Wildman–Crippen MR) is 124 cm³/mol. The second-order valence-electron chi connectivity index (χ2n) is 8.61. The SMILES string of the molecule is O=[P+](O)C1(COc2ccccc2)CCC(CCNC[C@H](O)COc2ccc(O)c(F)c2)CC1. The van der Waals surface area contributed by atoms with E-state index in [0.29, 0.717) is 37.6 Å². The summed E-state index contributed by atoms with van der Waals surface area (Å²) in [4.78, 5) is 9.97. The van der Waals surface area contributed by atoms with E-state index in [1.165, 1.54) is 12.1 Å². The van der Waals surface area contributed by atoms with Crippen molar-refractivity contribution in [1.82, 2.24) is 5.32 Å². The van der Waals surface area contributed by atoms with Gasteiger partial charge in [0.05, 0.1) is 0 Å². The van der Waals surface area contributed by atoms with Crippen molar-refractivity contribution >= 4 is 8.03 Å². The molecule has 0 amide bonds. The van der Waals surface area contributed by atoms with Crippen molar-refractivity contribution in [2.75, 3.05) is 26.3 Å². The number of aliphatic hydroxyl groups excluding tert-OH is 1. The van der Waals surface area contributed by atoms with Crippen LogP contribution in [0.5, 0.6) is 17.2 Å². The van der Waals surface area contributed by atoms with Crippen LogP contribution in [0.1, 0.15) is 32.1 Å². The molecule has 4 N–H and O–H groups in total. The third kappa shape index (κ3) is 7.64. The molecule has 0 aliphatic heterocycles. The monoisotopic (exact) mass is 480 g/mol. The average molecular weight is 480 g/mol. The maximum absolute atomic E-state index is 13.3. The molecule has 1 fully saturated rings. The molecule has 33 heavy (non-hydrogen) atoms. The molecule has 0 radical (unpaired) electrons. The number of phenolic OH excluding ortho intramolecular Hbond substituents is 1. The van der Waals surface area contributed by atoms with E-state index in [1.54, 1.807) is 0 Å². The molecule has 2 atom stereocenters. The van der Waals surface area contributed by atoms with Crippen LogP contribution in [-0.4, -0.2) is 52.7 Å². The summed E-state index contributed by atoms with van der Waals surface area (Å²) in [6, 6.07) is 13.1. The Hall–Kier alpha value is -2.25. The fourth-order valence-corrected chi connectivity index (χ4v) is 4.85. The number of ether oxygens (including phenoxy) is 2. The van der Waals surface area contributed by atoms with E-state index in [9.17, 15) is 24.1 Å². The first-order chi connectivity index (χ1) is 15.9. The largest absolute Gasteiger partial charge is 0.515 e. The molecule has 2 aromatic carbocycles. The van der Waals surface area contributed by atoms with E-state index >= 15 is 0 Å². The molecule has 1 saturated carbocycles. The highest BCUT2D eigenvalue weighted by Crippen LogP contribution is 2.48. The molecule has 0 aromatic heterocycles. The van der Waals surface area contributed by atoms with Gasteiger partial charge in [-0.25, -0.2) is 4.39 Å². The van der Waals surface area contributed by atoms with Crippen molar-refractivity contribution < 1.29 is 33.5 Å². The normalized spacial score (nSPS) is 21.9. The number of benzene rings is 2. The average Bonchev–Trinajstić information content (AvgIpc) is 2.82. The Morgan fingerprint density at radius 1 is 1.12 bits per heavy atom. The van der Waals surface area contributed by atoms with Gasteiger partial charge in [-0.3, -0.25) is 0 Å². The summed E-state index contributed by atoms with van der Waals surface area (Å²) >= 11 is 0. The van der Waals surface area contributed by atoms with Gasteiger partial charge in [-0.15, -0.1) is 0 Å². The third-order valence-electron chi connectivity index (χ3n) is 6.16. The molecule has 0 heterocycles. The zero-order chi connectivity index (χ0) is 23.7. The molecule has 3 rings (SSSR count). The van der Waals surface area contributed by atoms with Crippen LogP contribution in [0.15, 0.2) is 48.5 Å². The Kier molecular flexibility index (Phi) is 9.44. The van der Waals surface area contributed by atoms with Crippen LogP contribution < -0.4 is 14.8 Å². The number of hydrogen-bond acceptors (Lipinski definition) is 6. The topological polar surface area (TPSA) is 108 Å². The molecule has 0 saturated heterocycles. The molecule has 180 valence electrons. The van der Waals surface area contributed by atoms with Crippen LogP contribution in [-0.2, 0) is 4.57 Å². The van der Waals surface area contributed by atoms with Gasteiger partial charge in [0.1, 0.15) is 30.8 Å². The van der Waals surface area contributed by atoms with Gasteiger partial charge in [-0.1, -0.05) is 18.2 Å². The van der Waals surface area contributed by atoms with Gasteiger partial charge in [0, 0.05) is 25.5 Å². The Morgan fingerprint density at radius 2 is 1.85 bits per heavy atom. The number of aromatic hydroxyl groups is 1. The van der Waals surface area contributed by atoms with Crippen LogP contribution in [0.25, 0.3) is 0 Å². The van der Waals surface area contributed by atoms with Gasteiger partial charge in [0.25, 0.3) is 0 Å². The van der Waals surface area contributed by atoms with Gasteiger partial charge in [-0.05, 0) is 60.6 Å². The number of nitrogens with one attached hydrogen (secondary N) is 1. The molecule has 2 aromatic rings. The van der Waals surface area contributed by atoms with Crippen molar-refractivity contribution in [1.29, 1.82) is 0 Å². The molecule has 1 unspecified atom stereocenters. The summed E-state index contributed by atoms with van der Waals surface area (Å²) in [6.07, 6.45) is 3.17. The molecule has 9 heteroatoms. The molecule has 0 spiro atoms. The van der Waals surface area contributed by atoms with Crippen LogP contribution in [0.2, 0.25) is 0 Å². The van der Waals surface area contributed by atoms with E-state index in [-0.39, 0.29) is 19.0 Å². The highest BCUT2D eigenvalue weighted by Gasteiger charge is 2.52. The van der Waals surface area contributed by atoms with E-state index in [2.05, 4.69) is 5.32 Å². The first-order valence-electron chi connectivity index (χ1n) is 11.2.